The number of nitrogens with zero attached hydrogens (tertiary/aromatic N) is 4. The van der Waals surface area contributed by atoms with E-state index < -0.39 is 0 Å². The van der Waals surface area contributed by atoms with Crippen molar-refractivity contribution in [1.29, 1.82) is 0 Å². The standard InChI is InChI=1S/C17H20N6O/c1-12(16-20-21-22-23(16)2)19-17(24)18-10-9-13-7-8-14-5-3-4-6-15(14)11-13/h3-8,11-12H,9-10H2,1-2H3,(H2,18,19,24). The van der Waals surface area contributed by atoms with Crippen LogP contribution >= 0.6 is 0 Å². The highest BCUT2D eigenvalue weighted by Crippen LogP contribution is 2.15. The van der Waals surface area contributed by atoms with Crippen LogP contribution in [0.2, 0.25) is 0 Å². The Morgan fingerprint density at radius 3 is 2.75 bits per heavy atom. The second kappa shape index (κ2) is 7.08. The molecule has 2 amide bonds. The number of urea groups is 1. The second-order valence-electron chi connectivity index (χ2n) is 5.71. The first kappa shape index (κ1) is 15.9. The van der Waals surface area contributed by atoms with E-state index in [4.69, 9.17) is 0 Å². The van der Waals surface area contributed by atoms with Gasteiger partial charge in [0.15, 0.2) is 5.82 Å². The van der Waals surface area contributed by atoms with Crippen LogP contribution in [0.15, 0.2) is 42.5 Å². The third-order valence-electron chi connectivity index (χ3n) is 3.90. The topological polar surface area (TPSA) is 84.7 Å². The first-order valence-electron chi connectivity index (χ1n) is 7.88. The summed E-state index contributed by atoms with van der Waals surface area (Å²) in [5.74, 6) is 0.611. The highest BCUT2D eigenvalue weighted by atomic mass is 16.2. The van der Waals surface area contributed by atoms with Crippen molar-refractivity contribution in [2.75, 3.05) is 6.54 Å². The van der Waals surface area contributed by atoms with Gasteiger partial charge in [-0.1, -0.05) is 42.5 Å². The van der Waals surface area contributed by atoms with E-state index in [0.29, 0.717) is 12.4 Å². The van der Waals surface area contributed by atoms with Gasteiger partial charge in [-0.05, 0) is 40.1 Å². The van der Waals surface area contributed by atoms with Gasteiger partial charge in [-0.2, -0.15) is 0 Å². The van der Waals surface area contributed by atoms with Gasteiger partial charge in [0.2, 0.25) is 0 Å². The number of hydrogen-bond acceptors (Lipinski definition) is 4. The lowest BCUT2D eigenvalue weighted by molar-refractivity contribution is 0.237. The van der Waals surface area contributed by atoms with Crippen molar-refractivity contribution in [2.45, 2.75) is 19.4 Å². The molecule has 1 heterocycles. The van der Waals surface area contributed by atoms with Crippen LogP contribution in [-0.4, -0.2) is 32.8 Å². The predicted molar refractivity (Wildman–Crippen MR) is 91.4 cm³/mol. The van der Waals surface area contributed by atoms with Crippen LogP contribution in [0.25, 0.3) is 10.8 Å². The van der Waals surface area contributed by atoms with Gasteiger partial charge in [-0.15, -0.1) is 5.10 Å². The molecule has 3 aromatic rings. The zero-order valence-electron chi connectivity index (χ0n) is 13.7. The molecule has 0 aliphatic heterocycles. The Morgan fingerprint density at radius 2 is 2.00 bits per heavy atom. The van der Waals surface area contributed by atoms with Crippen LogP contribution < -0.4 is 10.6 Å². The third-order valence-corrected chi connectivity index (χ3v) is 3.90. The van der Waals surface area contributed by atoms with Gasteiger partial charge in [-0.25, -0.2) is 9.48 Å². The van der Waals surface area contributed by atoms with E-state index in [-0.39, 0.29) is 12.1 Å². The fraction of sp³-hybridized carbons (Fsp3) is 0.294. The normalized spacial score (nSPS) is 12.1. The van der Waals surface area contributed by atoms with E-state index in [2.05, 4.69) is 56.5 Å². The lowest BCUT2D eigenvalue weighted by Crippen LogP contribution is -2.38. The molecule has 0 spiro atoms. The Morgan fingerprint density at radius 1 is 1.21 bits per heavy atom. The van der Waals surface area contributed by atoms with Crippen molar-refractivity contribution >= 4 is 16.8 Å². The van der Waals surface area contributed by atoms with E-state index in [1.807, 2.05) is 19.1 Å². The lowest BCUT2D eigenvalue weighted by atomic mass is 10.1. The maximum atomic E-state index is 12.0. The molecule has 0 aliphatic rings. The number of hydrogen-bond donors (Lipinski definition) is 2. The minimum absolute atomic E-state index is 0.230. The molecule has 0 saturated heterocycles. The van der Waals surface area contributed by atoms with Crippen LogP contribution in [0, 0.1) is 0 Å². The average molecular weight is 324 g/mol. The molecular weight excluding hydrogens is 304 g/mol. The Balaban J connectivity index is 1.50. The van der Waals surface area contributed by atoms with Gasteiger partial charge in [0.05, 0.1) is 6.04 Å². The minimum atomic E-state index is -0.259. The smallest absolute Gasteiger partial charge is 0.315 e. The van der Waals surface area contributed by atoms with Crippen LogP contribution in [0.3, 0.4) is 0 Å². The summed E-state index contributed by atoms with van der Waals surface area (Å²) in [6.07, 6.45) is 0.776. The molecule has 124 valence electrons. The molecule has 1 aromatic heterocycles. The zero-order chi connectivity index (χ0) is 16.9. The van der Waals surface area contributed by atoms with E-state index in [1.165, 1.54) is 16.3 Å². The molecule has 0 saturated carbocycles. The quantitative estimate of drug-likeness (QED) is 0.751. The minimum Gasteiger partial charge on any atom is -0.338 e. The summed E-state index contributed by atoms with van der Waals surface area (Å²) >= 11 is 0. The van der Waals surface area contributed by atoms with Crippen molar-refractivity contribution in [3.63, 3.8) is 0 Å². The number of rotatable bonds is 5. The van der Waals surface area contributed by atoms with Crippen molar-refractivity contribution in [3.05, 3.63) is 53.9 Å². The summed E-state index contributed by atoms with van der Waals surface area (Å²) in [5, 5.41) is 19.3. The number of carbonyl (C=O) groups is 1. The first-order valence-corrected chi connectivity index (χ1v) is 7.88. The Hall–Kier alpha value is -2.96. The molecule has 7 nitrogen and oxygen atoms in total. The van der Waals surface area contributed by atoms with E-state index in [1.54, 1.807) is 11.7 Å². The molecule has 0 radical (unpaired) electrons. The summed E-state index contributed by atoms with van der Waals surface area (Å²) in [7, 11) is 1.74. The molecular formula is C17H20N6O. The maximum absolute atomic E-state index is 12.0. The average Bonchev–Trinajstić information content (AvgIpc) is 3.01. The first-order chi connectivity index (χ1) is 11.6. The highest BCUT2D eigenvalue weighted by Gasteiger charge is 2.14. The highest BCUT2D eigenvalue weighted by molar-refractivity contribution is 5.83. The molecule has 3 rings (SSSR count). The van der Waals surface area contributed by atoms with Crippen molar-refractivity contribution in [1.82, 2.24) is 30.8 Å². The van der Waals surface area contributed by atoms with E-state index in [0.717, 1.165) is 6.42 Å². The molecule has 0 aliphatic carbocycles. The summed E-state index contributed by atoms with van der Waals surface area (Å²) in [4.78, 5) is 12.0. The molecule has 24 heavy (non-hydrogen) atoms. The summed E-state index contributed by atoms with van der Waals surface area (Å²) in [5.41, 5.74) is 1.19. The zero-order valence-corrected chi connectivity index (χ0v) is 13.7. The van der Waals surface area contributed by atoms with Crippen molar-refractivity contribution in [2.24, 2.45) is 7.05 Å². The predicted octanol–water partition coefficient (Wildman–Crippen LogP) is 1.97. The van der Waals surface area contributed by atoms with Gasteiger partial charge in [0.25, 0.3) is 0 Å². The number of nitrogens with one attached hydrogen (secondary N) is 2. The summed E-state index contributed by atoms with van der Waals surface area (Å²) in [6, 6.07) is 14.1. The Kier molecular flexibility index (Phi) is 4.69. The molecule has 1 unspecified atom stereocenters. The van der Waals surface area contributed by atoms with Gasteiger partial charge >= 0.3 is 6.03 Å². The maximum Gasteiger partial charge on any atom is 0.315 e. The van der Waals surface area contributed by atoms with Gasteiger partial charge in [0, 0.05) is 13.6 Å². The number of aryl methyl sites for hydroxylation is 1. The number of benzene rings is 2. The summed E-state index contributed by atoms with van der Waals surface area (Å²) in [6.45, 7) is 2.41. The van der Waals surface area contributed by atoms with Crippen molar-refractivity contribution < 1.29 is 4.79 Å². The molecule has 2 aromatic carbocycles. The largest absolute Gasteiger partial charge is 0.338 e. The van der Waals surface area contributed by atoms with Crippen LogP contribution in [-0.2, 0) is 13.5 Å². The number of aromatic nitrogens is 4. The number of tetrazole rings is 1. The number of carbonyl (C=O) groups excluding carboxylic acids is 1. The van der Waals surface area contributed by atoms with Gasteiger partial charge in [-0.3, -0.25) is 0 Å². The van der Waals surface area contributed by atoms with E-state index >= 15 is 0 Å². The lowest BCUT2D eigenvalue weighted by Gasteiger charge is -2.13. The molecule has 7 heteroatoms. The fourth-order valence-corrected chi connectivity index (χ4v) is 2.63. The Labute approximate surface area is 140 Å². The monoisotopic (exact) mass is 324 g/mol. The fourth-order valence-electron chi connectivity index (χ4n) is 2.63. The SMILES string of the molecule is CC(NC(=O)NCCc1ccc2ccccc2c1)c1nnnn1C. The van der Waals surface area contributed by atoms with Crippen LogP contribution in [0.1, 0.15) is 24.4 Å². The van der Waals surface area contributed by atoms with Gasteiger partial charge in [0.1, 0.15) is 0 Å². The number of fused-ring (bicyclic) bond motifs is 1. The van der Waals surface area contributed by atoms with Gasteiger partial charge < -0.3 is 10.6 Å². The Bertz CT molecular complexity index is 844. The molecule has 0 fully saturated rings. The summed E-state index contributed by atoms with van der Waals surface area (Å²) < 4.78 is 1.54. The van der Waals surface area contributed by atoms with Crippen LogP contribution in [0.4, 0.5) is 4.79 Å². The van der Waals surface area contributed by atoms with Crippen LogP contribution in [0.5, 0.6) is 0 Å². The second-order valence-corrected chi connectivity index (χ2v) is 5.71. The third kappa shape index (κ3) is 3.68. The van der Waals surface area contributed by atoms with Crippen molar-refractivity contribution in [3.8, 4) is 0 Å². The number of amides is 2. The molecule has 1 atom stereocenters. The molecule has 2 N–H and O–H groups in total. The van der Waals surface area contributed by atoms with E-state index in [9.17, 15) is 4.79 Å². The molecule has 0 bridgehead atoms.